The van der Waals surface area contributed by atoms with Crippen LogP contribution in [0.1, 0.15) is 12.8 Å². The van der Waals surface area contributed by atoms with Crippen molar-refractivity contribution in [3.05, 3.63) is 11.6 Å². The van der Waals surface area contributed by atoms with Gasteiger partial charge in [-0.3, -0.25) is 4.90 Å². The Morgan fingerprint density at radius 1 is 1.73 bits per heavy atom. The molecule has 2 nitrogen and oxygen atoms in total. The highest BCUT2D eigenvalue weighted by Gasteiger charge is 2.30. The van der Waals surface area contributed by atoms with E-state index in [2.05, 4.69) is 11.0 Å². The van der Waals surface area contributed by atoms with E-state index in [1.165, 1.54) is 25.0 Å². The van der Waals surface area contributed by atoms with Crippen molar-refractivity contribution in [3.8, 4) is 0 Å². The zero-order chi connectivity index (χ0) is 7.68. The number of hydrogen-bond donors (Lipinski definition) is 0. The van der Waals surface area contributed by atoms with Crippen molar-refractivity contribution >= 4 is 0 Å². The van der Waals surface area contributed by atoms with Crippen molar-refractivity contribution in [2.24, 2.45) is 0 Å². The first kappa shape index (κ1) is 7.32. The fourth-order valence-corrected chi connectivity index (χ4v) is 2.16. The Bertz CT molecular complexity index is 176. The van der Waals surface area contributed by atoms with Gasteiger partial charge >= 0.3 is 0 Å². The van der Waals surface area contributed by atoms with Crippen molar-refractivity contribution in [1.29, 1.82) is 0 Å². The molecular weight excluding hydrogens is 138 g/mol. The van der Waals surface area contributed by atoms with Crippen LogP contribution in [-0.4, -0.2) is 37.7 Å². The van der Waals surface area contributed by atoms with Crippen LogP contribution < -0.4 is 0 Å². The van der Waals surface area contributed by atoms with Gasteiger partial charge in [0.25, 0.3) is 0 Å². The van der Waals surface area contributed by atoms with E-state index < -0.39 is 0 Å². The van der Waals surface area contributed by atoms with Crippen LogP contribution in [0.25, 0.3) is 0 Å². The van der Waals surface area contributed by atoms with E-state index in [-0.39, 0.29) is 0 Å². The van der Waals surface area contributed by atoms with Gasteiger partial charge < -0.3 is 4.74 Å². The summed E-state index contributed by atoms with van der Waals surface area (Å²) in [6.07, 6.45) is 5.04. The van der Waals surface area contributed by atoms with E-state index in [4.69, 9.17) is 4.74 Å². The summed E-state index contributed by atoms with van der Waals surface area (Å²) in [7, 11) is 1.78. The molecule has 1 unspecified atom stereocenters. The van der Waals surface area contributed by atoms with Gasteiger partial charge in [-0.15, -0.1) is 0 Å². The molecule has 0 spiro atoms. The first-order valence-electron chi connectivity index (χ1n) is 4.33. The van der Waals surface area contributed by atoms with Crippen molar-refractivity contribution in [2.75, 3.05) is 26.8 Å². The molecule has 62 valence electrons. The summed E-state index contributed by atoms with van der Waals surface area (Å²) < 4.78 is 5.14. The molecule has 1 atom stereocenters. The Morgan fingerprint density at radius 2 is 2.64 bits per heavy atom. The number of ether oxygens (including phenoxy) is 1. The predicted molar refractivity (Wildman–Crippen MR) is 44.6 cm³/mol. The molecule has 0 radical (unpaired) electrons. The molecule has 0 aromatic carbocycles. The maximum Gasteiger partial charge on any atom is 0.0688 e. The average Bonchev–Trinajstić information content (AvgIpc) is 2.53. The Kier molecular flexibility index (Phi) is 1.96. The molecular formula is C9H15NO. The second-order valence-corrected chi connectivity index (χ2v) is 3.37. The van der Waals surface area contributed by atoms with E-state index >= 15 is 0 Å². The maximum atomic E-state index is 5.14. The molecule has 0 saturated carbocycles. The smallest absolute Gasteiger partial charge is 0.0688 e. The molecule has 0 bridgehead atoms. The highest BCUT2D eigenvalue weighted by molar-refractivity contribution is 5.20. The fourth-order valence-electron chi connectivity index (χ4n) is 2.16. The molecule has 2 heterocycles. The quantitative estimate of drug-likeness (QED) is 0.549. The third-order valence-electron chi connectivity index (χ3n) is 2.69. The van der Waals surface area contributed by atoms with Gasteiger partial charge in [0.05, 0.1) is 6.61 Å². The summed E-state index contributed by atoms with van der Waals surface area (Å²) in [5, 5.41) is 0. The van der Waals surface area contributed by atoms with Gasteiger partial charge in [-0.2, -0.15) is 0 Å². The van der Waals surface area contributed by atoms with Gasteiger partial charge in [0, 0.05) is 19.7 Å². The van der Waals surface area contributed by atoms with Gasteiger partial charge in [0.1, 0.15) is 0 Å². The molecule has 2 aliphatic rings. The lowest BCUT2D eigenvalue weighted by atomic mass is 10.1. The molecule has 0 aromatic heterocycles. The van der Waals surface area contributed by atoms with Crippen molar-refractivity contribution < 1.29 is 4.74 Å². The van der Waals surface area contributed by atoms with Gasteiger partial charge in [-0.1, -0.05) is 6.08 Å². The minimum absolute atomic E-state index is 0.731. The Morgan fingerprint density at radius 3 is 3.45 bits per heavy atom. The first-order valence-corrected chi connectivity index (χ1v) is 4.33. The second kappa shape index (κ2) is 2.95. The van der Waals surface area contributed by atoms with Crippen molar-refractivity contribution in [1.82, 2.24) is 4.90 Å². The van der Waals surface area contributed by atoms with Crippen LogP contribution >= 0.6 is 0 Å². The number of fused-ring (bicyclic) bond motifs is 1. The van der Waals surface area contributed by atoms with Crippen LogP contribution in [0.2, 0.25) is 0 Å². The molecule has 2 aliphatic heterocycles. The molecule has 0 amide bonds. The number of rotatable bonds is 2. The second-order valence-electron chi connectivity index (χ2n) is 3.37. The van der Waals surface area contributed by atoms with Gasteiger partial charge in [-0.05, 0) is 25.0 Å². The van der Waals surface area contributed by atoms with Crippen LogP contribution in [0.5, 0.6) is 0 Å². The minimum Gasteiger partial charge on any atom is -0.380 e. The van der Waals surface area contributed by atoms with Crippen LogP contribution in [0.15, 0.2) is 11.6 Å². The predicted octanol–water partition coefficient (Wildman–Crippen LogP) is 1.04. The van der Waals surface area contributed by atoms with E-state index in [1.807, 2.05) is 0 Å². The molecule has 0 N–H and O–H groups in total. The number of hydrogen-bond acceptors (Lipinski definition) is 2. The molecule has 1 saturated heterocycles. The summed E-state index contributed by atoms with van der Waals surface area (Å²) in [6.45, 7) is 3.28. The normalized spacial score (nSPS) is 30.6. The third kappa shape index (κ3) is 1.21. The van der Waals surface area contributed by atoms with E-state index in [1.54, 1.807) is 7.11 Å². The van der Waals surface area contributed by atoms with E-state index in [0.717, 1.165) is 19.2 Å². The topological polar surface area (TPSA) is 12.5 Å². The van der Waals surface area contributed by atoms with Gasteiger partial charge in [0.15, 0.2) is 0 Å². The lowest BCUT2D eigenvalue weighted by Gasteiger charge is -2.17. The van der Waals surface area contributed by atoms with Crippen LogP contribution in [0, 0.1) is 0 Å². The summed E-state index contributed by atoms with van der Waals surface area (Å²) in [5.41, 5.74) is 1.50. The Hall–Kier alpha value is -0.340. The molecule has 0 aliphatic carbocycles. The third-order valence-corrected chi connectivity index (χ3v) is 2.69. The first-order chi connectivity index (χ1) is 5.42. The number of methoxy groups -OCH3 is 1. The summed E-state index contributed by atoms with van der Waals surface area (Å²) in [6, 6.07) is 0.731. The lowest BCUT2D eigenvalue weighted by molar-refractivity contribution is 0.212. The van der Waals surface area contributed by atoms with E-state index in [9.17, 15) is 0 Å². The Balaban J connectivity index is 2.00. The van der Waals surface area contributed by atoms with Gasteiger partial charge in [0.2, 0.25) is 0 Å². The summed E-state index contributed by atoms with van der Waals surface area (Å²) in [5.74, 6) is 0. The highest BCUT2D eigenvalue weighted by Crippen LogP contribution is 2.28. The van der Waals surface area contributed by atoms with Crippen molar-refractivity contribution in [2.45, 2.75) is 18.9 Å². The Labute approximate surface area is 67.8 Å². The monoisotopic (exact) mass is 153 g/mol. The molecule has 0 aromatic rings. The standard InChI is InChI=1S/C9H15NO/c1-11-7-8-4-6-10-5-2-3-9(8)10/h4,9H,2-3,5-7H2,1H3. The summed E-state index contributed by atoms with van der Waals surface area (Å²) in [4.78, 5) is 2.54. The van der Waals surface area contributed by atoms with Gasteiger partial charge in [-0.25, -0.2) is 0 Å². The average molecular weight is 153 g/mol. The highest BCUT2D eigenvalue weighted by atomic mass is 16.5. The zero-order valence-electron chi connectivity index (χ0n) is 7.05. The molecule has 11 heavy (non-hydrogen) atoms. The molecule has 1 fully saturated rings. The number of nitrogens with zero attached hydrogens (tertiary/aromatic N) is 1. The van der Waals surface area contributed by atoms with Crippen molar-refractivity contribution in [3.63, 3.8) is 0 Å². The molecule has 2 heteroatoms. The zero-order valence-corrected chi connectivity index (χ0v) is 7.05. The minimum atomic E-state index is 0.731. The fraction of sp³-hybridized carbons (Fsp3) is 0.778. The molecule has 2 rings (SSSR count). The maximum absolute atomic E-state index is 5.14. The van der Waals surface area contributed by atoms with Crippen LogP contribution in [-0.2, 0) is 4.74 Å². The summed E-state index contributed by atoms with van der Waals surface area (Å²) >= 11 is 0. The lowest BCUT2D eigenvalue weighted by Crippen LogP contribution is -2.25. The van der Waals surface area contributed by atoms with E-state index in [0.29, 0.717) is 0 Å². The van der Waals surface area contributed by atoms with Crippen LogP contribution in [0.3, 0.4) is 0 Å². The largest absolute Gasteiger partial charge is 0.380 e. The SMILES string of the molecule is COCC1=CCN2CCCC12. The van der Waals surface area contributed by atoms with Crippen LogP contribution in [0.4, 0.5) is 0 Å².